The SMILES string of the molecule is CNC(=O)c1cccnc1N1C[C@H]2C[C@@H](C1)[C@H](Cc1ccccc1)N1C(=O)CCC[C@@H]21. The molecule has 3 fully saturated rings. The number of rotatable bonds is 4. The highest BCUT2D eigenvalue weighted by molar-refractivity contribution is 5.98. The second-order valence-corrected chi connectivity index (χ2v) is 9.13. The number of fused-ring (bicyclic) bond motifs is 4. The van der Waals surface area contributed by atoms with E-state index >= 15 is 0 Å². The summed E-state index contributed by atoms with van der Waals surface area (Å²) < 4.78 is 0. The van der Waals surface area contributed by atoms with Crippen LogP contribution >= 0.6 is 0 Å². The Bertz CT molecular complexity index is 963. The maximum Gasteiger partial charge on any atom is 0.254 e. The third-order valence-electron chi connectivity index (χ3n) is 7.34. The molecule has 0 unspecified atom stereocenters. The van der Waals surface area contributed by atoms with Crippen molar-refractivity contribution in [3.05, 3.63) is 59.8 Å². The Labute approximate surface area is 183 Å². The molecule has 0 radical (unpaired) electrons. The number of amides is 2. The largest absolute Gasteiger partial charge is 0.355 e. The van der Waals surface area contributed by atoms with Gasteiger partial charge >= 0.3 is 0 Å². The van der Waals surface area contributed by atoms with Gasteiger partial charge in [0.2, 0.25) is 5.91 Å². The molecule has 5 rings (SSSR count). The first-order valence-corrected chi connectivity index (χ1v) is 11.4. The Balaban J connectivity index is 1.49. The van der Waals surface area contributed by atoms with E-state index in [9.17, 15) is 9.59 Å². The second kappa shape index (κ2) is 8.33. The van der Waals surface area contributed by atoms with Crippen molar-refractivity contribution in [1.82, 2.24) is 15.2 Å². The Hall–Kier alpha value is -2.89. The summed E-state index contributed by atoms with van der Waals surface area (Å²) in [6, 6.07) is 14.7. The monoisotopic (exact) mass is 418 g/mol. The minimum absolute atomic E-state index is 0.103. The van der Waals surface area contributed by atoms with Crippen molar-refractivity contribution in [3.63, 3.8) is 0 Å². The molecule has 2 aromatic rings. The highest BCUT2D eigenvalue weighted by atomic mass is 16.2. The first-order valence-electron chi connectivity index (χ1n) is 11.4. The molecule has 2 amide bonds. The van der Waals surface area contributed by atoms with Gasteiger partial charge in [0.25, 0.3) is 5.91 Å². The first kappa shape index (κ1) is 20.0. The fourth-order valence-electron chi connectivity index (χ4n) is 6.03. The van der Waals surface area contributed by atoms with Crippen LogP contribution in [0.5, 0.6) is 0 Å². The van der Waals surface area contributed by atoms with Crippen molar-refractivity contribution in [2.24, 2.45) is 11.8 Å². The number of carbonyl (C=O) groups excluding carboxylic acids is 2. The third kappa shape index (κ3) is 3.68. The molecule has 1 aromatic heterocycles. The molecule has 0 aliphatic carbocycles. The van der Waals surface area contributed by atoms with E-state index in [0.29, 0.717) is 35.8 Å². The van der Waals surface area contributed by atoms with E-state index in [1.54, 1.807) is 13.2 Å². The quantitative estimate of drug-likeness (QED) is 0.829. The summed E-state index contributed by atoms with van der Waals surface area (Å²) in [5, 5.41) is 2.75. The van der Waals surface area contributed by atoms with Gasteiger partial charge in [0.05, 0.1) is 5.56 Å². The second-order valence-electron chi connectivity index (χ2n) is 9.13. The lowest BCUT2D eigenvalue weighted by Gasteiger charge is -2.57. The zero-order valence-electron chi connectivity index (χ0n) is 18.0. The van der Waals surface area contributed by atoms with Crippen molar-refractivity contribution in [3.8, 4) is 0 Å². The van der Waals surface area contributed by atoms with Gasteiger partial charge < -0.3 is 15.1 Å². The minimum Gasteiger partial charge on any atom is -0.355 e. The summed E-state index contributed by atoms with van der Waals surface area (Å²) in [6.07, 6.45) is 6.53. The van der Waals surface area contributed by atoms with Crippen LogP contribution in [0.15, 0.2) is 48.7 Å². The number of hydrogen-bond acceptors (Lipinski definition) is 4. The van der Waals surface area contributed by atoms with E-state index in [-0.39, 0.29) is 11.9 Å². The predicted molar refractivity (Wildman–Crippen MR) is 120 cm³/mol. The van der Waals surface area contributed by atoms with E-state index < -0.39 is 0 Å². The molecular formula is C25H30N4O2. The van der Waals surface area contributed by atoms with Gasteiger partial charge in [-0.05, 0) is 55.2 Å². The predicted octanol–water partition coefficient (Wildman–Crippen LogP) is 2.89. The number of hydrogen-bond donors (Lipinski definition) is 1. The number of carbonyl (C=O) groups is 2. The van der Waals surface area contributed by atoms with Crippen molar-refractivity contribution >= 4 is 17.6 Å². The van der Waals surface area contributed by atoms with Crippen LogP contribution in [-0.4, -0.2) is 53.9 Å². The molecule has 4 atom stereocenters. The Morgan fingerprint density at radius 2 is 1.94 bits per heavy atom. The minimum atomic E-state index is -0.103. The highest BCUT2D eigenvalue weighted by Gasteiger charge is 2.49. The van der Waals surface area contributed by atoms with Gasteiger partial charge in [-0.3, -0.25) is 9.59 Å². The molecule has 31 heavy (non-hydrogen) atoms. The molecular weight excluding hydrogens is 388 g/mol. The molecule has 1 N–H and O–H groups in total. The zero-order valence-corrected chi connectivity index (χ0v) is 18.0. The number of aromatic nitrogens is 1. The van der Waals surface area contributed by atoms with E-state index in [1.165, 1.54) is 5.56 Å². The Morgan fingerprint density at radius 3 is 2.74 bits per heavy atom. The van der Waals surface area contributed by atoms with Gasteiger partial charge in [-0.15, -0.1) is 0 Å². The van der Waals surface area contributed by atoms with Crippen LogP contribution in [0.3, 0.4) is 0 Å². The maximum absolute atomic E-state index is 13.0. The van der Waals surface area contributed by atoms with Crippen molar-refractivity contribution in [1.29, 1.82) is 0 Å². The van der Waals surface area contributed by atoms with E-state index in [1.807, 2.05) is 18.2 Å². The van der Waals surface area contributed by atoms with E-state index in [2.05, 4.69) is 44.4 Å². The summed E-state index contributed by atoms with van der Waals surface area (Å²) >= 11 is 0. The average molecular weight is 419 g/mol. The van der Waals surface area contributed by atoms with Gasteiger partial charge in [0.1, 0.15) is 5.82 Å². The van der Waals surface area contributed by atoms with Crippen molar-refractivity contribution < 1.29 is 9.59 Å². The molecule has 6 nitrogen and oxygen atoms in total. The molecule has 3 aliphatic heterocycles. The summed E-state index contributed by atoms with van der Waals surface area (Å²) in [7, 11) is 1.66. The molecule has 3 saturated heterocycles. The first-order chi connectivity index (χ1) is 15.2. The summed E-state index contributed by atoms with van der Waals surface area (Å²) in [5.74, 6) is 1.79. The Morgan fingerprint density at radius 1 is 1.13 bits per heavy atom. The van der Waals surface area contributed by atoms with Gasteiger partial charge in [-0.2, -0.15) is 0 Å². The fraction of sp³-hybridized carbons (Fsp3) is 0.480. The molecule has 0 saturated carbocycles. The molecule has 1 aromatic carbocycles. The lowest BCUT2D eigenvalue weighted by atomic mass is 9.70. The Kier molecular flexibility index (Phi) is 5.38. The van der Waals surface area contributed by atoms with E-state index in [0.717, 1.165) is 44.6 Å². The van der Waals surface area contributed by atoms with Gasteiger partial charge in [-0.25, -0.2) is 4.98 Å². The number of nitrogens with zero attached hydrogens (tertiary/aromatic N) is 3. The van der Waals surface area contributed by atoms with Crippen LogP contribution in [0.4, 0.5) is 5.82 Å². The zero-order chi connectivity index (χ0) is 21.4. The van der Waals surface area contributed by atoms with Crippen LogP contribution in [-0.2, 0) is 11.2 Å². The topological polar surface area (TPSA) is 65.5 Å². The molecule has 0 spiro atoms. The normalized spacial score (nSPS) is 27.6. The molecule has 162 valence electrons. The molecule has 4 heterocycles. The lowest BCUT2D eigenvalue weighted by molar-refractivity contribution is -0.148. The smallest absolute Gasteiger partial charge is 0.254 e. The average Bonchev–Trinajstić information content (AvgIpc) is 2.82. The van der Waals surface area contributed by atoms with Gasteiger partial charge in [0.15, 0.2) is 0 Å². The van der Waals surface area contributed by atoms with Crippen LogP contribution < -0.4 is 10.2 Å². The third-order valence-corrected chi connectivity index (χ3v) is 7.34. The number of pyridine rings is 1. The number of nitrogens with one attached hydrogen (secondary N) is 1. The molecule has 3 aliphatic rings. The van der Waals surface area contributed by atoms with Crippen LogP contribution in [0.2, 0.25) is 0 Å². The van der Waals surface area contributed by atoms with Crippen molar-refractivity contribution in [2.75, 3.05) is 25.0 Å². The summed E-state index contributed by atoms with van der Waals surface area (Å²) in [6.45, 7) is 1.68. The standard InChI is InChI=1S/C25H30N4O2/c1-26-25(31)20-9-6-12-27-24(20)28-15-18-14-19(16-28)22(13-17-7-3-2-4-8-17)29-21(18)10-5-11-23(29)30/h2-4,6-9,12,18-19,21-22H,5,10-11,13-16H2,1H3,(H,26,31)/t18-,19+,21+,22+/m1/s1. The van der Waals surface area contributed by atoms with Gasteiger partial charge in [-0.1, -0.05) is 30.3 Å². The lowest BCUT2D eigenvalue weighted by Crippen LogP contribution is -2.65. The van der Waals surface area contributed by atoms with Crippen LogP contribution in [0.1, 0.15) is 41.6 Å². The molecule has 6 heteroatoms. The van der Waals surface area contributed by atoms with Crippen molar-refractivity contribution in [2.45, 2.75) is 44.2 Å². The maximum atomic E-state index is 13.0. The number of anilines is 1. The van der Waals surface area contributed by atoms with Crippen LogP contribution in [0.25, 0.3) is 0 Å². The highest BCUT2D eigenvalue weighted by Crippen LogP contribution is 2.43. The fourth-order valence-corrected chi connectivity index (χ4v) is 6.03. The molecule has 2 bridgehead atoms. The number of benzene rings is 1. The van der Waals surface area contributed by atoms with E-state index in [4.69, 9.17) is 0 Å². The van der Waals surface area contributed by atoms with Gasteiger partial charge in [0, 0.05) is 44.8 Å². The number of piperidine rings is 3. The van der Waals surface area contributed by atoms with Crippen LogP contribution in [0, 0.1) is 11.8 Å². The summed E-state index contributed by atoms with van der Waals surface area (Å²) in [5.41, 5.74) is 1.91. The summed E-state index contributed by atoms with van der Waals surface area (Å²) in [4.78, 5) is 34.7.